The summed E-state index contributed by atoms with van der Waals surface area (Å²) in [4.78, 5) is 97.7. The second-order valence-electron chi connectivity index (χ2n) is 37.0. The van der Waals surface area contributed by atoms with Crippen molar-refractivity contribution in [3.8, 4) is 11.5 Å². The predicted molar refractivity (Wildman–Crippen MR) is 482 cm³/mol. The number of amides is 2. The van der Waals surface area contributed by atoms with Crippen molar-refractivity contribution in [2.24, 2.45) is 40.9 Å². The Bertz CT molecular complexity index is 4020. The lowest BCUT2D eigenvalue weighted by atomic mass is 9.73. The van der Waals surface area contributed by atoms with E-state index in [0.717, 1.165) is 106 Å². The van der Waals surface area contributed by atoms with Gasteiger partial charge < -0.3 is 58.0 Å². The number of Topliss-reactive ketones (excluding diaryl/α,β-unsaturated/α-hetero) is 3. The second-order valence-corrected chi connectivity index (χ2v) is 39.4. The molecule has 0 spiro atoms. The molecule has 0 aromatic heterocycles. The van der Waals surface area contributed by atoms with Crippen molar-refractivity contribution in [2.75, 3.05) is 56.8 Å². The van der Waals surface area contributed by atoms with Crippen LogP contribution in [0.4, 0.5) is 30.2 Å². The number of allylic oxidation sites excluding steroid dienone is 4. The highest BCUT2D eigenvalue weighted by Gasteiger charge is 2.44. The molecule has 0 bridgehead atoms. The number of ether oxygens (including phenoxy) is 2. The van der Waals surface area contributed by atoms with Crippen molar-refractivity contribution in [3.63, 3.8) is 0 Å². The zero-order chi connectivity index (χ0) is 87.6. The average molecular weight is 1870 g/mol. The molecule has 0 radical (unpaired) electrons. The summed E-state index contributed by atoms with van der Waals surface area (Å²) in [7, 11) is -7.53. The van der Waals surface area contributed by atoms with Gasteiger partial charge in [-0.05, 0) is 141 Å². The van der Waals surface area contributed by atoms with Gasteiger partial charge in [0.05, 0.1) is 37.2 Å². The van der Waals surface area contributed by atoms with E-state index in [4.69, 9.17) is 29.0 Å². The minimum absolute atomic E-state index is 0. The molecule has 2 aliphatic heterocycles. The molecule has 25 heteroatoms. The molecule has 12 rings (SSSR count). The highest BCUT2D eigenvalue weighted by atomic mass is 127. The lowest BCUT2D eigenvalue weighted by molar-refractivity contribution is -0.401. The number of nitrogens with one attached hydrogen (secondary N) is 2. The maximum absolute atomic E-state index is 14.2. The van der Waals surface area contributed by atoms with Gasteiger partial charge in [0.1, 0.15) is 35.9 Å². The summed E-state index contributed by atoms with van der Waals surface area (Å²) in [6.45, 7) is 19.0. The maximum Gasteiger partial charge on any atom is 0.524 e. The number of nitrogens with zero attached hydrogens (tertiary/aromatic N) is 2. The summed E-state index contributed by atoms with van der Waals surface area (Å²) in [6, 6.07) is 25.4. The lowest BCUT2D eigenvalue weighted by Gasteiger charge is -2.32. The van der Waals surface area contributed by atoms with Crippen molar-refractivity contribution in [1.29, 1.82) is 0 Å². The fourth-order valence-corrected chi connectivity index (χ4v) is 20.0. The van der Waals surface area contributed by atoms with E-state index in [9.17, 15) is 46.3 Å². The standard InChI is InChI=1S/C32H43N2.C22H33FNO8P.C19H24F2NO7P.2C12H22.CH4.HI/c1-30(2,3)22-13-14-23-34-27-19-12-10-17-25(27)32(6,7)29(34)21-15-20-28-31(4,5)24-16-9-11-18-26(24)33(28)8;23-21(18-8-10-19(11-9-18)32-33(27,28)29)22(26)24-12-14-31-16-15-30-13-4-7-20(25)17-5-2-1-3-6-17;20-19(21)15-10-13(6-8-17(15)29-30(26,27)28)22-18(25)9-7-14(23)11-16(24)12-4-2-1-3-5-12;2*1-3-7-11(8-4-1)12-9-5-2-6-10-12;;/h9-12,15-21H,13-14,22-23H2,1-8H3;8-11,17,21H,1-7,12-16H2,(H,24,26)(H2,27,28,29);6,8,10,12,19H,1-5,7,9,11H2,(H,22,25)(H2,26,27,28);2*11-12H,1-10H2;1H4;1H/q+1;;;;;;/p-1. The second kappa shape index (κ2) is 53.2. The van der Waals surface area contributed by atoms with Crippen LogP contribution in [0.25, 0.3) is 0 Å². The number of halogens is 4. The van der Waals surface area contributed by atoms with Crippen LogP contribution in [0.15, 0.2) is 115 Å². The number of ketones is 3. The van der Waals surface area contributed by atoms with E-state index in [1.54, 1.807) is 51.4 Å². The van der Waals surface area contributed by atoms with Crippen molar-refractivity contribution >= 4 is 67.6 Å². The third-order valence-corrected chi connectivity index (χ3v) is 26.7. The van der Waals surface area contributed by atoms with E-state index < -0.39 is 51.4 Å². The van der Waals surface area contributed by atoms with Crippen LogP contribution in [0.5, 0.6) is 11.5 Å². The molecule has 2 amide bonds. The number of benzene rings is 4. The highest BCUT2D eigenvalue weighted by molar-refractivity contribution is 7.47. The summed E-state index contributed by atoms with van der Waals surface area (Å²) in [5.74, 6) is 2.32. The number of phosphoric acid groups is 2. The number of carbonyl (C=O) groups excluding carboxylic acids is 5. The molecule has 1 unspecified atom stereocenters. The van der Waals surface area contributed by atoms with Crippen LogP contribution in [0.3, 0.4) is 0 Å². The number of anilines is 2. The molecule has 6 fully saturated rings. The molecule has 2 heterocycles. The Morgan fingerprint density at radius 1 is 0.569 bits per heavy atom. The average Bonchev–Trinajstić information content (AvgIpc) is 1.61. The first-order valence-electron chi connectivity index (χ1n) is 45.6. The molecule has 4 aromatic carbocycles. The van der Waals surface area contributed by atoms with Gasteiger partial charge in [0, 0.05) is 91.0 Å². The lowest BCUT2D eigenvalue weighted by Crippen LogP contribution is -3.00. The van der Waals surface area contributed by atoms with E-state index in [2.05, 4.69) is 151 Å². The number of hydrogen-bond donors (Lipinski definition) is 6. The normalized spacial score (nSPS) is 19.1. The van der Waals surface area contributed by atoms with Gasteiger partial charge in [-0.15, -0.1) is 0 Å². The monoisotopic (exact) mass is 1870 g/mol. The number of unbranched alkanes of at least 4 members (excludes halogenated alkanes) is 1. The zero-order valence-electron chi connectivity index (χ0n) is 74.2. The third kappa shape index (κ3) is 35.9. The Hall–Kier alpha value is -5.88. The van der Waals surface area contributed by atoms with Crippen LogP contribution in [-0.4, -0.2) is 106 Å². The summed E-state index contributed by atoms with van der Waals surface area (Å²) in [5.41, 5.74) is 7.85. The van der Waals surface area contributed by atoms with Crippen molar-refractivity contribution < 1.29 is 113 Å². The van der Waals surface area contributed by atoms with Gasteiger partial charge in [0.2, 0.25) is 17.8 Å². The first kappa shape index (κ1) is 106. The molecule has 688 valence electrons. The molecule has 4 aromatic rings. The van der Waals surface area contributed by atoms with Crippen LogP contribution in [-0.2, 0) is 53.4 Å². The van der Waals surface area contributed by atoms with Crippen molar-refractivity contribution in [1.82, 2.24) is 5.32 Å². The van der Waals surface area contributed by atoms with Gasteiger partial charge in [-0.25, -0.2) is 22.3 Å². The molecule has 6 aliphatic carbocycles. The van der Waals surface area contributed by atoms with Crippen molar-refractivity contribution in [3.05, 3.63) is 137 Å². The summed E-state index contributed by atoms with van der Waals surface area (Å²) in [6.07, 6.45) is 47.4. The zero-order valence-corrected chi connectivity index (χ0v) is 78.2. The number of hydrogen-bond acceptors (Lipinski definition) is 12. The fourth-order valence-electron chi connectivity index (χ4n) is 19.2. The summed E-state index contributed by atoms with van der Waals surface area (Å²) >= 11 is 0. The molecule has 0 saturated heterocycles. The Morgan fingerprint density at radius 3 is 1.56 bits per heavy atom. The Kier molecular flexibility index (Phi) is 45.8. The number of carbonyl (C=O) groups is 5. The topological polar surface area (TPSA) is 268 Å². The van der Waals surface area contributed by atoms with E-state index >= 15 is 0 Å². The van der Waals surface area contributed by atoms with Crippen LogP contribution >= 0.6 is 15.6 Å². The van der Waals surface area contributed by atoms with Gasteiger partial charge in [0.25, 0.3) is 12.3 Å². The quantitative estimate of drug-likeness (QED) is 0.00851. The van der Waals surface area contributed by atoms with E-state index in [-0.39, 0.29) is 115 Å². The Labute approximate surface area is 750 Å². The molecule has 8 aliphatic rings. The number of rotatable bonds is 33. The van der Waals surface area contributed by atoms with Crippen LogP contribution in [0, 0.1) is 40.9 Å². The number of para-hydroxylation sites is 2. The van der Waals surface area contributed by atoms with Gasteiger partial charge in [-0.3, -0.25) is 43.5 Å². The molecule has 6 saturated carbocycles. The Morgan fingerprint density at radius 2 is 1.06 bits per heavy atom. The molecule has 6 N–H and O–H groups in total. The number of phosphoric ester groups is 2. The van der Waals surface area contributed by atoms with E-state index in [1.165, 1.54) is 161 Å². The molecule has 19 nitrogen and oxygen atoms in total. The van der Waals surface area contributed by atoms with Crippen LogP contribution < -0.4 is 48.6 Å². The number of fused-ring (bicyclic) bond motifs is 2. The van der Waals surface area contributed by atoms with Crippen LogP contribution in [0.2, 0.25) is 0 Å². The summed E-state index contributed by atoms with van der Waals surface area (Å²) < 4.78 is 83.8. The third-order valence-electron chi connectivity index (χ3n) is 25.9. The maximum atomic E-state index is 14.2. The first-order chi connectivity index (χ1) is 57.7. The summed E-state index contributed by atoms with van der Waals surface area (Å²) in [5, 5.41) is 4.76. The molecule has 1 atom stereocenters. The smallest absolute Gasteiger partial charge is 0.524 e. The Balaban J connectivity index is 0.000000249. The van der Waals surface area contributed by atoms with Crippen molar-refractivity contribution in [2.45, 2.75) is 323 Å². The minimum atomic E-state index is -5.03. The fraction of sp³-hybridized carbons (Fsp3) is 0.653. The SMILES string of the molecule is C.C1CCC(C2CCCCC2)CC1.C1CCC(C2CCCCC2)CC1.C[N+]1=C(/C=C/C=C2/N(CCCCC(C)(C)C)c3ccccc3C2(C)C)C(C)(C)c2ccccc21.O=C(CCC(=O)Nc1ccc(OP(=O)(O)O)c(C(F)F)c1)CC(=O)C1CCCCC1.O=C(CCCOCCOCCNC(=O)C(F)c1ccc(OP(=O)(O)O)cc1)C1CCCCC1.[I-]. The molecule has 123 heavy (non-hydrogen) atoms. The van der Waals surface area contributed by atoms with Gasteiger partial charge in [0.15, 0.2) is 5.71 Å². The predicted octanol–water partition coefficient (Wildman–Crippen LogP) is 21.3. The minimum Gasteiger partial charge on any atom is -1.00 e. The van der Waals surface area contributed by atoms with E-state index in [0.29, 0.717) is 43.9 Å². The largest absolute Gasteiger partial charge is 1.00 e. The first-order valence-corrected chi connectivity index (χ1v) is 48.7. The van der Waals surface area contributed by atoms with E-state index in [1.807, 2.05) is 0 Å². The van der Waals surface area contributed by atoms with Gasteiger partial charge in [-0.1, -0.05) is 270 Å². The highest BCUT2D eigenvalue weighted by Crippen LogP contribution is 2.49. The molecular formula is C98H148F3IN4O15P2. The van der Waals surface area contributed by atoms with Gasteiger partial charge in [-0.2, -0.15) is 4.58 Å². The number of alkyl halides is 3. The van der Waals surface area contributed by atoms with Crippen LogP contribution in [0.1, 0.15) is 335 Å². The van der Waals surface area contributed by atoms with Gasteiger partial charge >= 0.3 is 15.6 Å². The molecular weight excluding hydrogens is 1720 g/mol.